The van der Waals surface area contributed by atoms with Gasteiger partial charge in [0, 0.05) is 26.2 Å². The van der Waals surface area contributed by atoms with Crippen molar-refractivity contribution in [1.82, 2.24) is 15.5 Å². The third-order valence-electron chi connectivity index (χ3n) is 3.64. The van der Waals surface area contributed by atoms with Gasteiger partial charge in [0.2, 0.25) is 0 Å². The first kappa shape index (κ1) is 17.5. The van der Waals surface area contributed by atoms with E-state index in [1.165, 1.54) is 12.0 Å². The largest absolute Gasteiger partial charge is 0.356 e. The van der Waals surface area contributed by atoms with E-state index in [1.54, 1.807) is 0 Å². The monoisotopic (exact) mass is 290 g/mol. The van der Waals surface area contributed by atoms with Gasteiger partial charge >= 0.3 is 0 Å². The lowest BCUT2D eigenvalue weighted by Crippen LogP contribution is -2.37. The van der Waals surface area contributed by atoms with E-state index < -0.39 is 0 Å². The molecule has 0 radical (unpaired) electrons. The number of rotatable bonds is 8. The van der Waals surface area contributed by atoms with Gasteiger partial charge < -0.3 is 15.5 Å². The number of guanidine groups is 1. The minimum atomic E-state index is 0.623. The van der Waals surface area contributed by atoms with Crippen molar-refractivity contribution in [3.8, 4) is 0 Å². The Balaban J connectivity index is 2.15. The number of hydrogen-bond acceptors (Lipinski definition) is 2. The number of aliphatic imine (C=N–C) groups is 1. The van der Waals surface area contributed by atoms with Crippen LogP contribution in [0, 0.1) is 0 Å². The van der Waals surface area contributed by atoms with Crippen molar-refractivity contribution in [2.24, 2.45) is 4.99 Å². The molecule has 0 aliphatic rings. The number of nitrogens with zero attached hydrogens (tertiary/aromatic N) is 2. The Kier molecular flexibility index (Phi) is 8.51. The van der Waals surface area contributed by atoms with Crippen molar-refractivity contribution in [3.05, 3.63) is 35.9 Å². The molecule has 0 aliphatic carbocycles. The maximum absolute atomic E-state index is 4.25. The van der Waals surface area contributed by atoms with E-state index >= 15 is 0 Å². The molecule has 1 aromatic carbocycles. The first-order chi connectivity index (χ1) is 10.1. The normalized spacial score (nSPS) is 12.0. The second kappa shape index (κ2) is 10.2. The van der Waals surface area contributed by atoms with Gasteiger partial charge in [0.1, 0.15) is 0 Å². The van der Waals surface area contributed by atoms with Crippen molar-refractivity contribution in [2.45, 2.75) is 39.3 Å². The van der Waals surface area contributed by atoms with E-state index in [1.807, 2.05) is 13.1 Å². The highest BCUT2D eigenvalue weighted by Crippen LogP contribution is 1.98. The van der Waals surface area contributed by atoms with E-state index in [2.05, 4.69) is 65.7 Å². The van der Waals surface area contributed by atoms with Gasteiger partial charge in [-0.15, -0.1) is 0 Å². The smallest absolute Gasteiger partial charge is 0.191 e. The molecule has 0 bridgehead atoms. The number of benzene rings is 1. The lowest BCUT2D eigenvalue weighted by molar-refractivity contribution is 0.268. The molecule has 0 atom stereocenters. The Morgan fingerprint density at radius 3 is 2.48 bits per heavy atom. The van der Waals surface area contributed by atoms with Crippen LogP contribution in [0.3, 0.4) is 0 Å². The minimum Gasteiger partial charge on any atom is -0.356 e. The van der Waals surface area contributed by atoms with E-state index in [9.17, 15) is 0 Å². The van der Waals surface area contributed by atoms with Crippen molar-refractivity contribution in [2.75, 3.05) is 27.2 Å². The van der Waals surface area contributed by atoms with Crippen LogP contribution in [0.5, 0.6) is 0 Å². The lowest BCUT2D eigenvalue weighted by atomic mass is 10.2. The van der Waals surface area contributed by atoms with Gasteiger partial charge in [-0.05, 0) is 45.8 Å². The number of unbranched alkanes of at least 4 members (excludes halogenated alkanes) is 1. The Morgan fingerprint density at radius 2 is 1.86 bits per heavy atom. The molecule has 21 heavy (non-hydrogen) atoms. The van der Waals surface area contributed by atoms with Crippen LogP contribution < -0.4 is 10.6 Å². The van der Waals surface area contributed by atoms with Gasteiger partial charge in [-0.2, -0.15) is 0 Å². The predicted octanol–water partition coefficient (Wildman–Crippen LogP) is 2.47. The van der Waals surface area contributed by atoms with Crippen LogP contribution in [0.15, 0.2) is 35.3 Å². The molecular weight excluding hydrogens is 260 g/mol. The summed E-state index contributed by atoms with van der Waals surface area (Å²) >= 11 is 0. The van der Waals surface area contributed by atoms with E-state index in [0.717, 1.165) is 32.0 Å². The quantitative estimate of drug-likeness (QED) is 0.439. The molecule has 0 saturated carbocycles. The summed E-state index contributed by atoms with van der Waals surface area (Å²) in [6.07, 6.45) is 2.36. The summed E-state index contributed by atoms with van der Waals surface area (Å²) < 4.78 is 0. The zero-order chi connectivity index (χ0) is 15.5. The summed E-state index contributed by atoms with van der Waals surface area (Å²) in [7, 11) is 3.99. The highest BCUT2D eigenvalue weighted by atomic mass is 15.2. The summed E-state index contributed by atoms with van der Waals surface area (Å²) in [4.78, 5) is 6.63. The molecule has 0 heterocycles. The van der Waals surface area contributed by atoms with Crippen LogP contribution in [-0.2, 0) is 6.54 Å². The Labute approximate surface area is 129 Å². The molecule has 0 spiro atoms. The lowest BCUT2D eigenvalue weighted by Gasteiger charge is -2.20. The standard InChI is InChI=1S/C17H30N4/c1-15(2)21(4)13-9-8-12-19-17(18-3)20-14-16-10-6-5-7-11-16/h5-7,10-11,15H,8-9,12-14H2,1-4H3,(H2,18,19,20). The highest BCUT2D eigenvalue weighted by molar-refractivity contribution is 5.79. The average Bonchev–Trinajstić information content (AvgIpc) is 2.50. The average molecular weight is 290 g/mol. The highest BCUT2D eigenvalue weighted by Gasteiger charge is 2.02. The zero-order valence-electron chi connectivity index (χ0n) is 13.9. The Morgan fingerprint density at radius 1 is 1.14 bits per heavy atom. The van der Waals surface area contributed by atoms with Crippen LogP contribution in [0.1, 0.15) is 32.3 Å². The SMILES string of the molecule is CN=C(NCCCCN(C)C(C)C)NCc1ccccc1. The number of hydrogen-bond donors (Lipinski definition) is 2. The Bertz CT molecular complexity index is 401. The first-order valence-electron chi connectivity index (χ1n) is 7.82. The van der Waals surface area contributed by atoms with Gasteiger partial charge in [-0.3, -0.25) is 4.99 Å². The van der Waals surface area contributed by atoms with Crippen LogP contribution in [0.2, 0.25) is 0 Å². The van der Waals surface area contributed by atoms with Crippen LogP contribution in [0.25, 0.3) is 0 Å². The third-order valence-corrected chi connectivity index (χ3v) is 3.64. The summed E-state index contributed by atoms with van der Waals surface area (Å²) in [6, 6.07) is 11.0. The fourth-order valence-corrected chi connectivity index (χ4v) is 1.95. The molecule has 0 saturated heterocycles. The molecule has 0 aromatic heterocycles. The summed E-state index contributed by atoms with van der Waals surface area (Å²) in [5.74, 6) is 0.871. The van der Waals surface area contributed by atoms with Crippen LogP contribution in [-0.4, -0.2) is 44.1 Å². The minimum absolute atomic E-state index is 0.623. The molecular formula is C17H30N4. The molecule has 0 fully saturated rings. The van der Waals surface area contributed by atoms with E-state index in [4.69, 9.17) is 0 Å². The number of nitrogens with one attached hydrogen (secondary N) is 2. The maximum atomic E-state index is 4.25. The molecule has 1 aromatic rings. The van der Waals surface area contributed by atoms with Gasteiger partial charge in [0.25, 0.3) is 0 Å². The molecule has 0 unspecified atom stereocenters. The summed E-state index contributed by atoms with van der Waals surface area (Å²) in [5, 5.41) is 6.70. The second-order valence-corrected chi connectivity index (χ2v) is 5.62. The fraction of sp³-hybridized carbons (Fsp3) is 0.588. The van der Waals surface area contributed by atoms with Crippen molar-refractivity contribution in [1.29, 1.82) is 0 Å². The van der Waals surface area contributed by atoms with Crippen LogP contribution in [0.4, 0.5) is 0 Å². The topological polar surface area (TPSA) is 39.7 Å². The van der Waals surface area contributed by atoms with Crippen LogP contribution >= 0.6 is 0 Å². The van der Waals surface area contributed by atoms with E-state index in [-0.39, 0.29) is 0 Å². The van der Waals surface area contributed by atoms with Crippen molar-refractivity contribution in [3.63, 3.8) is 0 Å². The third kappa shape index (κ3) is 7.71. The van der Waals surface area contributed by atoms with Gasteiger partial charge in [-0.1, -0.05) is 30.3 Å². The van der Waals surface area contributed by atoms with E-state index in [0.29, 0.717) is 6.04 Å². The first-order valence-corrected chi connectivity index (χ1v) is 7.82. The van der Waals surface area contributed by atoms with Gasteiger partial charge in [0.05, 0.1) is 0 Å². The van der Waals surface area contributed by atoms with Gasteiger partial charge in [0.15, 0.2) is 5.96 Å². The molecule has 0 amide bonds. The molecule has 0 aliphatic heterocycles. The molecule has 1 rings (SSSR count). The Hall–Kier alpha value is -1.55. The molecule has 118 valence electrons. The molecule has 2 N–H and O–H groups in total. The summed E-state index contributed by atoms with van der Waals surface area (Å²) in [6.45, 7) is 7.37. The van der Waals surface area contributed by atoms with Crippen molar-refractivity contribution < 1.29 is 0 Å². The zero-order valence-corrected chi connectivity index (χ0v) is 13.9. The summed E-state index contributed by atoms with van der Waals surface area (Å²) in [5.41, 5.74) is 1.26. The van der Waals surface area contributed by atoms with Crippen molar-refractivity contribution >= 4 is 5.96 Å². The molecule has 4 heteroatoms. The fourth-order valence-electron chi connectivity index (χ4n) is 1.95. The van der Waals surface area contributed by atoms with Gasteiger partial charge in [-0.25, -0.2) is 0 Å². The second-order valence-electron chi connectivity index (χ2n) is 5.62. The maximum Gasteiger partial charge on any atom is 0.191 e. The predicted molar refractivity (Wildman–Crippen MR) is 91.6 cm³/mol. The molecule has 4 nitrogen and oxygen atoms in total.